The van der Waals surface area contributed by atoms with Crippen LogP contribution in [0.2, 0.25) is 0 Å². The maximum Gasteiger partial charge on any atom is 0.699 e. The van der Waals surface area contributed by atoms with Crippen LogP contribution in [-0.4, -0.2) is 49.4 Å². The number of ether oxygens (including phenoxy) is 2. The largest absolute Gasteiger partial charge is 0.699 e. The lowest BCUT2D eigenvalue weighted by Gasteiger charge is -2.27. The minimum absolute atomic E-state index is 0.107. The molecule has 2 aromatic rings. The summed E-state index contributed by atoms with van der Waals surface area (Å²) in [5.41, 5.74) is 1.48. The second kappa shape index (κ2) is 4.63. The zero-order valence-corrected chi connectivity index (χ0v) is 14.4. The molecule has 2 aromatic heterocycles. The molecule has 0 bridgehead atoms. The molecule has 3 aliphatic rings. The molecule has 10 nitrogen and oxygen atoms in total. The SMILES string of the molecule is CCOc1nc(N)nc2c1ncn2[C@@H]1O[C@]2(F)C3O[P+](=O)O[C@]32[C@@]1(C)F. The predicted octanol–water partition coefficient (Wildman–Crippen LogP) is 1.56. The van der Waals surface area contributed by atoms with Crippen molar-refractivity contribution in [3.8, 4) is 5.88 Å². The summed E-state index contributed by atoms with van der Waals surface area (Å²) >= 11 is 0. The van der Waals surface area contributed by atoms with Gasteiger partial charge < -0.3 is 15.2 Å². The summed E-state index contributed by atoms with van der Waals surface area (Å²) < 4.78 is 63.8. The van der Waals surface area contributed by atoms with Gasteiger partial charge in [-0.2, -0.15) is 9.97 Å². The Balaban J connectivity index is 1.63. The highest BCUT2D eigenvalue weighted by Crippen LogP contribution is 2.79. The van der Waals surface area contributed by atoms with E-state index in [1.165, 1.54) is 10.9 Å². The Hall–Kier alpha value is -2.01. The molecular formula is C13H13F2N5O5P+. The molecule has 0 radical (unpaired) electrons. The Morgan fingerprint density at radius 1 is 1.46 bits per heavy atom. The van der Waals surface area contributed by atoms with Gasteiger partial charge in [-0.3, -0.25) is 4.57 Å². The number of nitrogens with zero attached hydrogens (tertiary/aromatic N) is 4. The summed E-state index contributed by atoms with van der Waals surface area (Å²) in [5, 5.41) is 0. The van der Waals surface area contributed by atoms with Gasteiger partial charge in [0.25, 0.3) is 11.5 Å². The van der Waals surface area contributed by atoms with Crippen LogP contribution in [0, 0.1) is 0 Å². The number of fused-ring (bicyclic) bond motifs is 2. The second-order valence-electron chi connectivity index (χ2n) is 6.37. The van der Waals surface area contributed by atoms with Crippen LogP contribution in [0.3, 0.4) is 0 Å². The molecule has 2 unspecified atom stereocenters. The number of hydrogen-bond acceptors (Lipinski definition) is 9. The molecule has 2 N–H and O–H groups in total. The van der Waals surface area contributed by atoms with E-state index in [4.69, 9.17) is 24.3 Å². The van der Waals surface area contributed by atoms with E-state index in [0.717, 1.165) is 6.92 Å². The Morgan fingerprint density at radius 3 is 2.96 bits per heavy atom. The number of aromatic nitrogens is 4. The fourth-order valence-corrected chi connectivity index (χ4v) is 4.89. The number of halogens is 2. The van der Waals surface area contributed by atoms with Crippen molar-refractivity contribution in [2.75, 3.05) is 12.3 Å². The maximum absolute atomic E-state index is 15.7. The molecule has 138 valence electrons. The first-order valence-corrected chi connectivity index (χ1v) is 8.87. The molecule has 2 aliphatic heterocycles. The molecule has 6 atom stereocenters. The monoisotopic (exact) mass is 388 g/mol. The summed E-state index contributed by atoms with van der Waals surface area (Å²) in [5.74, 6) is -2.56. The molecule has 0 amide bonds. The van der Waals surface area contributed by atoms with E-state index in [9.17, 15) is 4.57 Å². The molecule has 2 saturated heterocycles. The van der Waals surface area contributed by atoms with Crippen molar-refractivity contribution in [3.05, 3.63) is 6.33 Å². The van der Waals surface area contributed by atoms with Crippen LogP contribution < -0.4 is 10.5 Å². The lowest BCUT2D eigenvalue weighted by atomic mass is 9.97. The Kier molecular flexibility index (Phi) is 2.88. The summed E-state index contributed by atoms with van der Waals surface area (Å²) in [6, 6.07) is 0. The fourth-order valence-electron chi connectivity index (χ4n) is 3.75. The second-order valence-corrected chi connectivity index (χ2v) is 7.21. The standard InChI is InChI=1S/C13H13F2N5O5P/c1-3-22-7-5-6(18-10(16)19-7)20(4-17-5)9-11(2,14)12-8(13(12,15)23-9)24-26(21)25-12/h4,8-9H,3H2,1-2H3,(H2,16,18,19)/q+1/t8?,9-,11+,12+,13-/m1/s1. The summed E-state index contributed by atoms with van der Waals surface area (Å²) in [7, 11) is -2.61. The lowest BCUT2D eigenvalue weighted by molar-refractivity contribution is -0.153. The first-order chi connectivity index (χ1) is 12.3. The molecule has 26 heavy (non-hydrogen) atoms. The van der Waals surface area contributed by atoms with Crippen molar-refractivity contribution < 1.29 is 31.9 Å². The van der Waals surface area contributed by atoms with E-state index in [2.05, 4.69) is 15.0 Å². The third-order valence-electron chi connectivity index (χ3n) is 4.95. The van der Waals surface area contributed by atoms with Crippen LogP contribution in [0.5, 0.6) is 5.88 Å². The van der Waals surface area contributed by atoms with Crippen LogP contribution in [0.25, 0.3) is 11.2 Å². The van der Waals surface area contributed by atoms with Crippen LogP contribution in [0.15, 0.2) is 6.33 Å². The van der Waals surface area contributed by atoms with Crippen molar-refractivity contribution in [1.29, 1.82) is 0 Å². The third kappa shape index (κ3) is 1.59. The van der Waals surface area contributed by atoms with Crippen molar-refractivity contribution in [3.63, 3.8) is 0 Å². The number of anilines is 1. The molecule has 3 fully saturated rings. The lowest BCUT2D eigenvalue weighted by Crippen LogP contribution is -2.44. The van der Waals surface area contributed by atoms with Gasteiger partial charge in [0, 0.05) is 4.57 Å². The van der Waals surface area contributed by atoms with Crippen LogP contribution >= 0.6 is 8.25 Å². The molecule has 1 aliphatic carbocycles. The van der Waals surface area contributed by atoms with Gasteiger partial charge in [0.15, 0.2) is 23.1 Å². The number of alkyl halides is 2. The maximum atomic E-state index is 15.7. The van der Waals surface area contributed by atoms with Crippen LogP contribution in [0.4, 0.5) is 14.7 Å². The topological polar surface area (TPSA) is 124 Å². The Labute approximate surface area is 145 Å². The quantitative estimate of drug-likeness (QED) is 0.780. The zero-order chi connectivity index (χ0) is 18.5. The zero-order valence-electron chi connectivity index (χ0n) is 13.5. The van der Waals surface area contributed by atoms with Crippen molar-refractivity contribution in [2.45, 2.75) is 43.3 Å². The average molecular weight is 388 g/mol. The molecule has 1 spiro atoms. The van der Waals surface area contributed by atoms with Crippen LogP contribution in [-0.2, 0) is 18.3 Å². The van der Waals surface area contributed by atoms with E-state index >= 15 is 8.78 Å². The van der Waals surface area contributed by atoms with E-state index in [-0.39, 0.29) is 23.0 Å². The van der Waals surface area contributed by atoms with E-state index in [1.807, 2.05) is 0 Å². The summed E-state index contributed by atoms with van der Waals surface area (Å²) in [4.78, 5) is 12.1. The first kappa shape index (κ1) is 16.2. The number of rotatable bonds is 3. The molecule has 0 aromatic carbocycles. The average Bonchev–Trinajstić information content (AvgIpc) is 2.97. The summed E-state index contributed by atoms with van der Waals surface area (Å²) in [6.45, 7) is 3.14. The van der Waals surface area contributed by atoms with Gasteiger partial charge in [-0.15, -0.1) is 4.52 Å². The highest BCUT2D eigenvalue weighted by Gasteiger charge is 3.05. The van der Waals surface area contributed by atoms with Gasteiger partial charge in [-0.1, -0.05) is 4.52 Å². The van der Waals surface area contributed by atoms with Crippen molar-refractivity contribution in [2.24, 2.45) is 0 Å². The van der Waals surface area contributed by atoms with E-state index < -0.39 is 37.7 Å². The van der Waals surface area contributed by atoms with Crippen LogP contribution in [0.1, 0.15) is 20.1 Å². The van der Waals surface area contributed by atoms with E-state index in [0.29, 0.717) is 6.61 Å². The van der Waals surface area contributed by atoms with Gasteiger partial charge >= 0.3 is 8.25 Å². The highest BCUT2D eigenvalue weighted by molar-refractivity contribution is 7.33. The number of hydrogen-bond donors (Lipinski definition) is 1. The number of nitrogen functional groups attached to an aromatic ring is 1. The molecule has 13 heteroatoms. The normalized spacial score (nSPS) is 42.1. The van der Waals surface area contributed by atoms with Gasteiger partial charge in [0.05, 0.1) is 12.9 Å². The molecular weight excluding hydrogens is 375 g/mol. The minimum atomic E-state index is -2.61. The fraction of sp³-hybridized carbons (Fsp3) is 0.615. The number of imidazole rings is 1. The Bertz CT molecular complexity index is 972. The molecule has 1 saturated carbocycles. The van der Waals surface area contributed by atoms with Gasteiger partial charge in [-0.25, -0.2) is 13.8 Å². The van der Waals surface area contributed by atoms with Gasteiger partial charge in [0.2, 0.25) is 17.9 Å². The first-order valence-electron chi connectivity index (χ1n) is 7.78. The predicted molar refractivity (Wildman–Crippen MR) is 80.7 cm³/mol. The molecule has 5 rings (SSSR count). The molecule has 4 heterocycles. The smallest absolute Gasteiger partial charge is 0.476 e. The van der Waals surface area contributed by atoms with Crippen molar-refractivity contribution >= 4 is 25.4 Å². The Morgan fingerprint density at radius 2 is 2.23 bits per heavy atom. The minimum Gasteiger partial charge on any atom is -0.476 e. The van der Waals surface area contributed by atoms with Gasteiger partial charge in [-0.05, 0) is 13.8 Å². The number of nitrogens with two attached hydrogens (primary N) is 1. The highest BCUT2D eigenvalue weighted by atomic mass is 31.1. The van der Waals surface area contributed by atoms with Crippen molar-refractivity contribution in [1.82, 2.24) is 19.5 Å². The van der Waals surface area contributed by atoms with Gasteiger partial charge in [0.1, 0.15) is 0 Å². The third-order valence-corrected chi connectivity index (χ3v) is 5.77. The summed E-state index contributed by atoms with van der Waals surface area (Å²) in [6.07, 6.45) is -1.67. The van der Waals surface area contributed by atoms with E-state index in [1.54, 1.807) is 6.92 Å².